The second-order valence-corrected chi connectivity index (χ2v) is 7.62. The first kappa shape index (κ1) is 17.4. The summed E-state index contributed by atoms with van der Waals surface area (Å²) in [4.78, 5) is 17.0. The molecule has 3 heterocycles. The normalized spacial score (nSPS) is 19.8. The van der Waals surface area contributed by atoms with Crippen LogP contribution in [0.3, 0.4) is 0 Å². The molecule has 1 fully saturated rings. The highest BCUT2D eigenvalue weighted by atomic mass is 35.5. The highest BCUT2D eigenvalue weighted by molar-refractivity contribution is 6.34. The molecule has 6 nitrogen and oxygen atoms in total. The van der Waals surface area contributed by atoms with Crippen LogP contribution in [0.25, 0.3) is 5.57 Å². The van der Waals surface area contributed by atoms with Gasteiger partial charge in [-0.1, -0.05) is 23.7 Å². The number of rotatable bonds is 3. The van der Waals surface area contributed by atoms with Crippen molar-refractivity contribution in [2.75, 3.05) is 38.3 Å². The van der Waals surface area contributed by atoms with Crippen molar-refractivity contribution in [3.05, 3.63) is 58.7 Å². The first-order valence-electron chi connectivity index (χ1n) is 9.34. The fourth-order valence-electron chi connectivity index (χ4n) is 3.83. The Kier molecular flexibility index (Phi) is 4.37. The third kappa shape index (κ3) is 3.30. The maximum atomic E-state index is 12.3. The monoisotopic (exact) mass is 397 g/mol. The van der Waals surface area contributed by atoms with Crippen LogP contribution in [0.2, 0.25) is 5.02 Å². The van der Waals surface area contributed by atoms with Gasteiger partial charge in [-0.2, -0.15) is 0 Å². The predicted molar refractivity (Wildman–Crippen MR) is 107 cm³/mol. The summed E-state index contributed by atoms with van der Waals surface area (Å²) >= 11 is 6.02. The summed E-state index contributed by atoms with van der Waals surface area (Å²) in [5.74, 6) is 1.57. The molecule has 2 aromatic rings. The fraction of sp³-hybridized carbons (Fsp3) is 0.286. The van der Waals surface area contributed by atoms with Crippen molar-refractivity contribution in [2.45, 2.75) is 6.54 Å². The molecule has 28 heavy (non-hydrogen) atoms. The van der Waals surface area contributed by atoms with Crippen molar-refractivity contribution in [3.8, 4) is 11.5 Å². The molecule has 2 aromatic carbocycles. The van der Waals surface area contributed by atoms with Crippen LogP contribution in [0.4, 0.5) is 5.69 Å². The molecular formula is C21H20ClN3O3. The Balaban J connectivity index is 1.23. The fourth-order valence-corrected chi connectivity index (χ4v) is 4.00. The Morgan fingerprint density at radius 3 is 2.71 bits per heavy atom. The van der Waals surface area contributed by atoms with Gasteiger partial charge in [-0.15, -0.1) is 0 Å². The van der Waals surface area contributed by atoms with Gasteiger partial charge in [0.2, 0.25) is 6.79 Å². The van der Waals surface area contributed by atoms with E-state index in [0.29, 0.717) is 17.4 Å². The van der Waals surface area contributed by atoms with Crippen LogP contribution in [0.5, 0.6) is 11.5 Å². The van der Waals surface area contributed by atoms with Gasteiger partial charge in [0.1, 0.15) is 0 Å². The zero-order chi connectivity index (χ0) is 19.1. The van der Waals surface area contributed by atoms with E-state index in [-0.39, 0.29) is 5.91 Å². The molecule has 0 unspecified atom stereocenters. The van der Waals surface area contributed by atoms with Crippen LogP contribution < -0.4 is 14.8 Å². The number of nitrogens with one attached hydrogen (secondary N) is 1. The summed E-state index contributed by atoms with van der Waals surface area (Å²) in [6, 6.07) is 11.6. The molecule has 3 aliphatic heterocycles. The quantitative estimate of drug-likeness (QED) is 0.806. The number of carbonyl (C=O) groups excluding carboxylic acids is 1. The molecule has 0 radical (unpaired) electrons. The molecule has 0 saturated carbocycles. The summed E-state index contributed by atoms with van der Waals surface area (Å²) in [6.07, 6.45) is 1.98. The zero-order valence-corrected chi connectivity index (χ0v) is 16.0. The molecule has 0 spiro atoms. The minimum atomic E-state index is -0.0694. The minimum Gasteiger partial charge on any atom is -0.454 e. The van der Waals surface area contributed by atoms with Crippen LogP contribution >= 0.6 is 11.6 Å². The lowest BCUT2D eigenvalue weighted by Crippen LogP contribution is -2.43. The van der Waals surface area contributed by atoms with Gasteiger partial charge in [-0.05, 0) is 29.8 Å². The van der Waals surface area contributed by atoms with Gasteiger partial charge in [-0.3, -0.25) is 9.69 Å². The van der Waals surface area contributed by atoms with Crippen molar-refractivity contribution in [2.24, 2.45) is 0 Å². The number of benzene rings is 2. The van der Waals surface area contributed by atoms with Crippen LogP contribution in [-0.4, -0.2) is 48.7 Å². The summed E-state index contributed by atoms with van der Waals surface area (Å²) in [5.41, 5.74) is 3.62. The Labute approximate surface area is 168 Å². The van der Waals surface area contributed by atoms with Gasteiger partial charge in [0.25, 0.3) is 5.91 Å². The molecule has 144 valence electrons. The Morgan fingerprint density at radius 2 is 1.86 bits per heavy atom. The second kappa shape index (κ2) is 7.04. The van der Waals surface area contributed by atoms with Gasteiger partial charge in [0.05, 0.1) is 11.3 Å². The summed E-state index contributed by atoms with van der Waals surface area (Å²) in [5, 5.41) is 3.51. The van der Waals surface area contributed by atoms with E-state index in [4.69, 9.17) is 21.1 Å². The number of piperazine rings is 1. The van der Waals surface area contributed by atoms with Crippen molar-refractivity contribution < 1.29 is 14.3 Å². The SMILES string of the molecule is O=C1Nc2cc(Cl)ccc2/C1=C\N1CCN(Cc2ccc3c(c2)OCO3)CC1. The highest BCUT2D eigenvalue weighted by Crippen LogP contribution is 2.34. The third-order valence-electron chi connectivity index (χ3n) is 5.33. The van der Waals surface area contributed by atoms with E-state index in [9.17, 15) is 4.79 Å². The average Bonchev–Trinajstić information content (AvgIpc) is 3.27. The van der Waals surface area contributed by atoms with E-state index >= 15 is 0 Å². The number of fused-ring (bicyclic) bond motifs is 2. The van der Waals surface area contributed by atoms with E-state index in [1.807, 2.05) is 24.4 Å². The largest absolute Gasteiger partial charge is 0.454 e. The lowest BCUT2D eigenvalue weighted by atomic mass is 10.1. The predicted octanol–water partition coefficient (Wildman–Crippen LogP) is 3.18. The van der Waals surface area contributed by atoms with Crippen molar-refractivity contribution in [3.63, 3.8) is 0 Å². The van der Waals surface area contributed by atoms with E-state index in [2.05, 4.69) is 27.2 Å². The molecule has 1 amide bonds. The maximum Gasteiger partial charge on any atom is 0.257 e. The molecule has 0 aliphatic carbocycles. The highest BCUT2D eigenvalue weighted by Gasteiger charge is 2.26. The smallest absolute Gasteiger partial charge is 0.257 e. The van der Waals surface area contributed by atoms with E-state index in [0.717, 1.165) is 55.5 Å². The molecule has 7 heteroatoms. The second-order valence-electron chi connectivity index (χ2n) is 7.19. The minimum absolute atomic E-state index is 0.0694. The first-order valence-corrected chi connectivity index (χ1v) is 9.71. The zero-order valence-electron chi connectivity index (χ0n) is 15.3. The molecule has 0 bridgehead atoms. The van der Waals surface area contributed by atoms with Gasteiger partial charge in [0.15, 0.2) is 11.5 Å². The van der Waals surface area contributed by atoms with Gasteiger partial charge < -0.3 is 19.7 Å². The van der Waals surface area contributed by atoms with Crippen LogP contribution in [0.1, 0.15) is 11.1 Å². The molecule has 5 rings (SSSR count). The van der Waals surface area contributed by atoms with Gasteiger partial charge >= 0.3 is 0 Å². The summed E-state index contributed by atoms with van der Waals surface area (Å²) in [7, 11) is 0. The first-order chi connectivity index (χ1) is 13.7. The molecule has 0 atom stereocenters. The average molecular weight is 398 g/mol. The molecule has 3 aliphatic rings. The van der Waals surface area contributed by atoms with Crippen molar-refractivity contribution in [1.29, 1.82) is 0 Å². The molecule has 1 N–H and O–H groups in total. The van der Waals surface area contributed by atoms with Gasteiger partial charge in [0, 0.05) is 49.5 Å². The lowest BCUT2D eigenvalue weighted by Gasteiger charge is -2.34. The topological polar surface area (TPSA) is 54.0 Å². The standard InChI is InChI=1S/C21H20ClN3O3/c22-15-2-3-16-17(21(26)23-18(16)10-15)12-25-7-5-24(6-8-25)11-14-1-4-19-20(9-14)28-13-27-19/h1-4,9-10,12H,5-8,11,13H2,(H,23,26)/b17-12+. The number of nitrogens with zero attached hydrogens (tertiary/aromatic N) is 2. The maximum absolute atomic E-state index is 12.3. The summed E-state index contributed by atoms with van der Waals surface area (Å²) < 4.78 is 10.8. The number of hydrogen-bond acceptors (Lipinski definition) is 5. The molecule has 1 saturated heterocycles. The van der Waals surface area contributed by atoms with Crippen LogP contribution in [-0.2, 0) is 11.3 Å². The Hall–Kier alpha value is -2.70. The number of carbonyl (C=O) groups is 1. The third-order valence-corrected chi connectivity index (χ3v) is 5.56. The van der Waals surface area contributed by atoms with Gasteiger partial charge in [-0.25, -0.2) is 0 Å². The molecule has 0 aromatic heterocycles. The van der Waals surface area contributed by atoms with Crippen molar-refractivity contribution in [1.82, 2.24) is 9.80 Å². The number of hydrogen-bond donors (Lipinski definition) is 1. The van der Waals surface area contributed by atoms with E-state index in [1.165, 1.54) is 5.56 Å². The number of anilines is 1. The lowest BCUT2D eigenvalue weighted by molar-refractivity contribution is -0.110. The Bertz CT molecular complexity index is 967. The van der Waals surface area contributed by atoms with Crippen molar-refractivity contribution >= 4 is 28.8 Å². The Morgan fingerprint density at radius 1 is 1.04 bits per heavy atom. The number of halogens is 1. The van der Waals surface area contributed by atoms with E-state index < -0.39 is 0 Å². The van der Waals surface area contributed by atoms with Crippen LogP contribution in [0, 0.1) is 0 Å². The molecular weight excluding hydrogens is 378 g/mol. The summed E-state index contributed by atoms with van der Waals surface area (Å²) in [6.45, 7) is 4.81. The van der Waals surface area contributed by atoms with Crippen LogP contribution in [0.15, 0.2) is 42.6 Å². The number of amides is 1. The van der Waals surface area contributed by atoms with E-state index in [1.54, 1.807) is 6.07 Å². The number of ether oxygens (including phenoxy) is 2.